The van der Waals surface area contributed by atoms with Gasteiger partial charge in [-0.2, -0.15) is 0 Å². The van der Waals surface area contributed by atoms with Gasteiger partial charge in [0.05, 0.1) is 12.2 Å². The molecule has 0 saturated heterocycles. The maximum absolute atomic E-state index is 12.0. The molecule has 0 fully saturated rings. The van der Waals surface area contributed by atoms with Gasteiger partial charge in [-0.25, -0.2) is 4.79 Å². The van der Waals surface area contributed by atoms with E-state index < -0.39 is 12.2 Å². The molecule has 1 heterocycles. The van der Waals surface area contributed by atoms with Crippen molar-refractivity contribution < 1.29 is 19.4 Å². The number of aliphatic hydroxyl groups excluding tert-OH is 1. The zero-order valence-electron chi connectivity index (χ0n) is 12.9. The van der Waals surface area contributed by atoms with E-state index in [4.69, 9.17) is 4.74 Å². The highest BCUT2D eigenvalue weighted by molar-refractivity contribution is 6.02. The van der Waals surface area contributed by atoms with E-state index in [2.05, 4.69) is 0 Å². The molecule has 0 saturated carbocycles. The summed E-state index contributed by atoms with van der Waals surface area (Å²) in [7, 11) is 0. The molecule has 22 heavy (non-hydrogen) atoms. The van der Waals surface area contributed by atoms with E-state index in [0.717, 1.165) is 0 Å². The molecule has 1 aliphatic rings. The number of benzene rings is 1. The van der Waals surface area contributed by atoms with Gasteiger partial charge in [-0.05, 0) is 39.0 Å². The summed E-state index contributed by atoms with van der Waals surface area (Å²) < 4.78 is 4.97. The van der Waals surface area contributed by atoms with Crippen molar-refractivity contribution in [2.75, 3.05) is 11.5 Å². The second-order valence-corrected chi connectivity index (χ2v) is 4.95. The van der Waals surface area contributed by atoms with Gasteiger partial charge in [0.1, 0.15) is 0 Å². The second-order valence-electron chi connectivity index (χ2n) is 4.95. The highest BCUT2D eigenvalue weighted by atomic mass is 16.5. The van der Waals surface area contributed by atoms with E-state index in [1.165, 1.54) is 13.0 Å². The Balaban J connectivity index is 2.54. The fourth-order valence-electron chi connectivity index (χ4n) is 2.45. The molecule has 5 nitrogen and oxygen atoms in total. The summed E-state index contributed by atoms with van der Waals surface area (Å²) in [6, 6.07) is 9.11. The number of rotatable bonds is 4. The van der Waals surface area contributed by atoms with Gasteiger partial charge in [0.15, 0.2) is 12.0 Å². The molecular weight excluding hydrogens is 282 g/mol. The molecule has 1 aromatic rings. The number of para-hydroxylation sites is 1. The van der Waals surface area contributed by atoms with Gasteiger partial charge in [-0.3, -0.25) is 4.79 Å². The summed E-state index contributed by atoms with van der Waals surface area (Å²) in [4.78, 5) is 25.5. The largest absolute Gasteiger partial charge is 0.463 e. The Bertz CT molecular complexity index is 646. The number of ketones is 1. The summed E-state index contributed by atoms with van der Waals surface area (Å²) in [6.45, 7) is 5.06. The maximum Gasteiger partial charge on any atom is 0.338 e. The van der Waals surface area contributed by atoms with Crippen LogP contribution >= 0.6 is 0 Å². The van der Waals surface area contributed by atoms with Gasteiger partial charge in [-0.15, -0.1) is 0 Å². The lowest BCUT2D eigenvalue weighted by Gasteiger charge is -2.35. The monoisotopic (exact) mass is 301 g/mol. The van der Waals surface area contributed by atoms with Gasteiger partial charge < -0.3 is 14.7 Å². The zero-order valence-corrected chi connectivity index (χ0v) is 12.9. The van der Waals surface area contributed by atoms with Crippen molar-refractivity contribution in [1.82, 2.24) is 0 Å². The highest BCUT2D eigenvalue weighted by Gasteiger charge is 2.33. The minimum Gasteiger partial charge on any atom is -0.463 e. The minimum atomic E-state index is -1.19. The third-order valence-electron chi connectivity index (χ3n) is 3.50. The quantitative estimate of drug-likeness (QED) is 0.863. The number of Topliss-reactive ketones (excluding diaryl/α,β-unsaturated/α-hetero) is 1. The lowest BCUT2D eigenvalue weighted by atomic mass is 9.98. The Kier molecular flexibility index (Phi) is 4.78. The molecule has 0 bridgehead atoms. The standard InChI is InChI=1S/C17H19NO4/c1-4-22-17(21)15-10-14(12(3)19)11(2)18(16(15)20)13-8-6-5-7-9-13/h5-10,16,20H,4H2,1-3H3/t16-/m1/s1. The van der Waals surface area contributed by atoms with Crippen molar-refractivity contribution in [3.8, 4) is 0 Å². The Labute approximate surface area is 129 Å². The van der Waals surface area contributed by atoms with Crippen LogP contribution in [0.1, 0.15) is 20.8 Å². The van der Waals surface area contributed by atoms with E-state index in [9.17, 15) is 14.7 Å². The molecule has 116 valence electrons. The lowest BCUT2D eigenvalue weighted by molar-refractivity contribution is -0.139. The SMILES string of the molecule is CCOC(=O)C1=CC(C(C)=O)=C(C)N(c2ccccc2)[C@@H]1O. The van der Waals surface area contributed by atoms with E-state index in [-0.39, 0.29) is 18.0 Å². The predicted octanol–water partition coefficient (Wildman–Crippen LogP) is 2.18. The van der Waals surface area contributed by atoms with E-state index in [1.54, 1.807) is 30.9 Å². The molecule has 0 radical (unpaired) electrons. The van der Waals surface area contributed by atoms with Crippen LogP contribution in [-0.4, -0.2) is 29.7 Å². The molecule has 0 aliphatic carbocycles. The van der Waals surface area contributed by atoms with Crippen molar-refractivity contribution in [2.24, 2.45) is 0 Å². The van der Waals surface area contributed by atoms with Crippen molar-refractivity contribution in [1.29, 1.82) is 0 Å². The number of ether oxygens (including phenoxy) is 1. The average molecular weight is 301 g/mol. The van der Waals surface area contributed by atoms with Crippen molar-refractivity contribution in [2.45, 2.75) is 27.0 Å². The number of hydrogen-bond acceptors (Lipinski definition) is 5. The Morgan fingerprint density at radius 2 is 1.91 bits per heavy atom. The number of carbonyl (C=O) groups excluding carboxylic acids is 2. The van der Waals surface area contributed by atoms with Crippen LogP contribution in [0.15, 0.2) is 53.3 Å². The molecule has 0 aromatic heterocycles. The van der Waals surface area contributed by atoms with Crippen molar-refractivity contribution in [3.05, 3.63) is 53.3 Å². The van der Waals surface area contributed by atoms with Gasteiger partial charge in [-0.1, -0.05) is 18.2 Å². The molecule has 1 aromatic carbocycles. The van der Waals surface area contributed by atoms with Crippen LogP contribution < -0.4 is 4.90 Å². The fraction of sp³-hybridized carbons (Fsp3) is 0.294. The van der Waals surface area contributed by atoms with Crippen LogP contribution in [0.2, 0.25) is 0 Å². The maximum atomic E-state index is 12.0. The van der Waals surface area contributed by atoms with E-state index in [0.29, 0.717) is 17.0 Å². The van der Waals surface area contributed by atoms with E-state index >= 15 is 0 Å². The van der Waals surface area contributed by atoms with Crippen LogP contribution in [-0.2, 0) is 14.3 Å². The van der Waals surface area contributed by atoms with Gasteiger partial charge >= 0.3 is 5.97 Å². The summed E-state index contributed by atoms with van der Waals surface area (Å²) in [5.41, 5.74) is 1.74. The Hall–Kier alpha value is -2.40. The van der Waals surface area contributed by atoms with Crippen molar-refractivity contribution >= 4 is 17.4 Å². The number of nitrogens with zero attached hydrogens (tertiary/aromatic N) is 1. The third kappa shape index (κ3) is 2.94. The molecule has 1 N–H and O–H groups in total. The van der Waals surface area contributed by atoms with Crippen LogP contribution in [0.4, 0.5) is 5.69 Å². The average Bonchev–Trinajstić information content (AvgIpc) is 2.48. The first-order valence-corrected chi connectivity index (χ1v) is 7.10. The topological polar surface area (TPSA) is 66.8 Å². The summed E-state index contributed by atoms with van der Waals surface area (Å²) in [5.74, 6) is -0.797. The smallest absolute Gasteiger partial charge is 0.338 e. The number of anilines is 1. The molecule has 1 aliphatic heterocycles. The number of allylic oxidation sites excluding steroid dienone is 3. The number of hydrogen-bond donors (Lipinski definition) is 1. The first kappa shape index (κ1) is 16.0. The molecule has 2 rings (SSSR count). The first-order valence-electron chi connectivity index (χ1n) is 7.10. The minimum absolute atomic E-state index is 0.0569. The van der Waals surface area contributed by atoms with E-state index in [1.807, 2.05) is 18.2 Å². The number of esters is 1. The van der Waals surface area contributed by atoms with Crippen LogP contribution in [0, 0.1) is 0 Å². The Morgan fingerprint density at radius 3 is 2.45 bits per heavy atom. The van der Waals surface area contributed by atoms with Crippen molar-refractivity contribution in [3.63, 3.8) is 0 Å². The molecule has 5 heteroatoms. The fourth-order valence-corrected chi connectivity index (χ4v) is 2.45. The second kappa shape index (κ2) is 6.58. The number of aliphatic hydroxyl groups is 1. The normalized spacial score (nSPS) is 18.1. The van der Waals surface area contributed by atoms with Crippen LogP contribution in [0.3, 0.4) is 0 Å². The third-order valence-corrected chi connectivity index (χ3v) is 3.50. The van der Waals surface area contributed by atoms with Crippen LogP contribution in [0.25, 0.3) is 0 Å². The Morgan fingerprint density at radius 1 is 1.27 bits per heavy atom. The highest BCUT2D eigenvalue weighted by Crippen LogP contribution is 2.31. The number of carbonyl (C=O) groups is 2. The molecule has 0 amide bonds. The lowest BCUT2D eigenvalue weighted by Crippen LogP contribution is -2.41. The van der Waals surface area contributed by atoms with Gasteiger partial charge in [0.25, 0.3) is 0 Å². The molecule has 0 spiro atoms. The molecule has 1 atom stereocenters. The first-order chi connectivity index (χ1) is 10.5. The molecule has 0 unspecified atom stereocenters. The zero-order chi connectivity index (χ0) is 16.3. The van der Waals surface area contributed by atoms with Gasteiger partial charge in [0.2, 0.25) is 0 Å². The van der Waals surface area contributed by atoms with Crippen LogP contribution in [0.5, 0.6) is 0 Å². The van der Waals surface area contributed by atoms with Gasteiger partial charge in [0, 0.05) is 17.0 Å². The predicted molar refractivity (Wildman–Crippen MR) is 83.0 cm³/mol. The summed E-state index contributed by atoms with van der Waals surface area (Å²) in [5, 5.41) is 10.6. The molecular formula is C17H19NO4. The summed E-state index contributed by atoms with van der Waals surface area (Å²) in [6.07, 6.45) is 0.226. The summed E-state index contributed by atoms with van der Waals surface area (Å²) >= 11 is 0.